The number of piperidine rings is 1. The number of ketones is 1. The van der Waals surface area contributed by atoms with Crippen LogP contribution in [0.2, 0.25) is 0 Å². The van der Waals surface area contributed by atoms with Crippen LogP contribution in [0.25, 0.3) is 5.57 Å². The van der Waals surface area contributed by atoms with Gasteiger partial charge >= 0.3 is 0 Å². The third-order valence-electron chi connectivity index (χ3n) is 8.24. The van der Waals surface area contributed by atoms with E-state index in [0.29, 0.717) is 34.8 Å². The Morgan fingerprint density at radius 1 is 1.10 bits per heavy atom. The van der Waals surface area contributed by atoms with Crippen molar-refractivity contribution < 1.29 is 18.7 Å². The lowest BCUT2D eigenvalue weighted by Crippen LogP contribution is -2.35. The number of hydrogen-bond donors (Lipinski definition) is 2. The van der Waals surface area contributed by atoms with Gasteiger partial charge < -0.3 is 20.1 Å². The number of ether oxygens (including phenoxy) is 2. The lowest BCUT2D eigenvalue weighted by atomic mass is 9.70. The van der Waals surface area contributed by atoms with Crippen LogP contribution < -0.4 is 15.4 Å². The highest BCUT2D eigenvalue weighted by atomic mass is 19.1. The highest BCUT2D eigenvalue weighted by Gasteiger charge is 2.38. The van der Waals surface area contributed by atoms with E-state index in [-0.39, 0.29) is 17.5 Å². The molecule has 2 aromatic rings. The zero-order chi connectivity index (χ0) is 27.8. The Bertz CT molecular complexity index is 1210. The standard InChI is InChI=1S/C33H43FN2O3/c1-22-27(15-9-16-29(22)34)31-28(32(37)24-12-8-14-26(19-24)38-3)20-23(11-6-5-7-17-35-2)30(33(31)39-4)25-13-10-18-36-21-25/h8-9,12,14-16,19,23,25,35-36H,5-7,10-11,13,17-18,20-21H2,1-4H3. The number of methoxy groups -OCH3 is 2. The van der Waals surface area contributed by atoms with Crippen molar-refractivity contribution >= 4 is 11.4 Å². The first kappa shape index (κ1) is 29.0. The first-order chi connectivity index (χ1) is 19.0. The minimum Gasteiger partial charge on any atom is -0.497 e. The number of rotatable bonds is 12. The van der Waals surface area contributed by atoms with E-state index < -0.39 is 0 Å². The lowest BCUT2D eigenvalue weighted by Gasteiger charge is -2.37. The fraction of sp³-hybridized carbons (Fsp3) is 0.485. The third kappa shape index (κ3) is 6.62. The molecule has 0 aromatic heterocycles. The number of benzene rings is 2. The number of carbonyl (C=O) groups is 1. The summed E-state index contributed by atoms with van der Waals surface area (Å²) in [5, 5.41) is 6.81. The van der Waals surface area contributed by atoms with Gasteiger partial charge in [-0.3, -0.25) is 4.79 Å². The first-order valence-corrected chi connectivity index (χ1v) is 14.3. The quantitative estimate of drug-likeness (QED) is 0.241. The molecule has 5 nitrogen and oxygen atoms in total. The second-order valence-corrected chi connectivity index (χ2v) is 10.7. The normalized spacial score (nSPS) is 19.8. The molecule has 0 amide bonds. The van der Waals surface area contributed by atoms with Crippen LogP contribution in [-0.4, -0.2) is 46.7 Å². The first-order valence-electron chi connectivity index (χ1n) is 14.3. The maximum Gasteiger partial charge on any atom is 0.189 e. The largest absolute Gasteiger partial charge is 0.497 e. The van der Waals surface area contributed by atoms with Crippen LogP contribution in [0, 0.1) is 24.6 Å². The van der Waals surface area contributed by atoms with Gasteiger partial charge in [0, 0.05) is 23.3 Å². The van der Waals surface area contributed by atoms with E-state index in [1.165, 1.54) is 11.6 Å². The summed E-state index contributed by atoms with van der Waals surface area (Å²) < 4.78 is 26.6. The van der Waals surface area contributed by atoms with Crippen molar-refractivity contribution in [1.29, 1.82) is 0 Å². The van der Waals surface area contributed by atoms with Crippen molar-refractivity contribution in [3.05, 3.63) is 81.9 Å². The van der Waals surface area contributed by atoms with Gasteiger partial charge in [0.1, 0.15) is 17.3 Å². The Morgan fingerprint density at radius 3 is 2.64 bits per heavy atom. The molecule has 1 saturated heterocycles. The fourth-order valence-corrected chi connectivity index (χ4v) is 6.22. The minimum absolute atomic E-state index is 0.0527. The Labute approximate surface area is 232 Å². The summed E-state index contributed by atoms with van der Waals surface area (Å²) in [6, 6.07) is 12.4. The fourth-order valence-electron chi connectivity index (χ4n) is 6.22. The molecule has 1 aliphatic heterocycles. The maximum absolute atomic E-state index is 14.9. The van der Waals surface area contributed by atoms with Crippen molar-refractivity contribution in [3.63, 3.8) is 0 Å². The van der Waals surface area contributed by atoms with Crippen molar-refractivity contribution in [2.45, 2.75) is 51.9 Å². The van der Waals surface area contributed by atoms with Gasteiger partial charge in [-0.2, -0.15) is 0 Å². The van der Waals surface area contributed by atoms with Crippen LogP contribution in [-0.2, 0) is 4.74 Å². The van der Waals surface area contributed by atoms with E-state index in [9.17, 15) is 9.18 Å². The number of nitrogens with one attached hydrogen (secondary N) is 2. The molecular weight excluding hydrogens is 491 g/mol. The molecule has 2 unspecified atom stereocenters. The highest BCUT2D eigenvalue weighted by Crippen LogP contribution is 2.47. The van der Waals surface area contributed by atoms with E-state index in [1.54, 1.807) is 33.3 Å². The van der Waals surface area contributed by atoms with Crippen LogP contribution in [0.15, 0.2) is 59.4 Å². The molecule has 1 aliphatic carbocycles. The van der Waals surface area contributed by atoms with Crippen LogP contribution in [0.5, 0.6) is 5.75 Å². The lowest BCUT2D eigenvalue weighted by molar-refractivity contribution is 0.102. The number of hydrogen-bond acceptors (Lipinski definition) is 5. The molecule has 1 heterocycles. The van der Waals surface area contributed by atoms with Gasteiger partial charge in [-0.1, -0.05) is 37.1 Å². The van der Waals surface area contributed by atoms with E-state index in [2.05, 4.69) is 10.6 Å². The van der Waals surface area contributed by atoms with Crippen LogP contribution >= 0.6 is 0 Å². The molecule has 39 heavy (non-hydrogen) atoms. The van der Waals surface area contributed by atoms with E-state index >= 15 is 0 Å². The molecule has 0 spiro atoms. The molecule has 2 aromatic carbocycles. The molecule has 0 bridgehead atoms. The minimum atomic E-state index is -0.281. The molecule has 210 valence electrons. The summed E-state index contributed by atoms with van der Waals surface area (Å²) >= 11 is 0. The molecule has 6 heteroatoms. The zero-order valence-electron chi connectivity index (χ0n) is 23.9. The van der Waals surface area contributed by atoms with Gasteiger partial charge in [0.2, 0.25) is 0 Å². The highest BCUT2D eigenvalue weighted by molar-refractivity contribution is 6.15. The summed E-state index contributed by atoms with van der Waals surface area (Å²) in [4.78, 5) is 14.2. The Hall–Kier alpha value is -2.96. The summed E-state index contributed by atoms with van der Waals surface area (Å²) in [5.41, 5.74) is 4.56. The number of halogens is 1. The van der Waals surface area contributed by atoms with Crippen LogP contribution in [0.3, 0.4) is 0 Å². The SMILES string of the molecule is CNCCCCCC1CC(C(=O)c2cccc(OC)c2)=C(c2cccc(F)c2C)C(OC)=C1C1CCCNC1. The smallest absolute Gasteiger partial charge is 0.189 e. The number of carbonyl (C=O) groups excluding carboxylic acids is 1. The van der Waals surface area contributed by atoms with E-state index in [0.717, 1.165) is 75.1 Å². The van der Waals surface area contributed by atoms with E-state index in [4.69, 9.17) is 9.47 Å². The van der Waals surface area contributed by atoms with Crippen LogP contribution in [0.4, 0.5) is 4.39 Å². The molecule has 2 aliphatic rings. The average molecular weight is 535 g/mol. The van der Waals surface area contributed by atoms with Crippen LogP contribution in [0.1, 0.15) is 66.4 Å². The summed E-state index contributed by atoms with van der Waals surface area (Å²) in [7, 11) is 5.29. The topological polar surface area (TPSA) is 59.6 Å². The molecule has 0 saturated carbocycles. The zero-order valence-corrected chi connectivity index (χ0v) is 23.9. The number of allylic oxidation sites excluding steroid dienone is 2. The molecule has 1 fully saturated rings. The molecule has 2 N–H and O–H groups in total. The second kappa shape index (κ2) is 13.9. The second-order valence-electron chi connectivity index (χ2n) is 10.7. The summed E-state index contributed by atoms with van der Waals surface area (Å²) in [5.74, 6) is 1.59. The molecular formula is C33H43FN2O3. The van der Waals surface area contributed by atoms with Crippen molar-refractivity contribution in [3.8, 4) is 5.75 Å². The van der Waals surface area contributed by atoms with Gasteiger partial charge in [0.15, 0.2) is 5.78 Å². The summed E-state index contributed by atoms with van der Waals surface area (Å²) in [6.07, 6.45) is 7.15. The predicted molar refractivity (Wildman–Crippen MR) is 156 cm³/mol. The molecule has 4 rings (SSSR count). The monoisotopic (exact) mass is 534 g/mol. The average Bonchev–Trinajstić information content (AvgIpc) is 2.98. The van der Waals surface area contributed by atoms with Gasteiger partial charge in [-0.05, 0) is 106 Å². The summed E-state index contributed by atoms with van der Waals surface area (Å²) in [6.45, 7) is 4.71. The maximum atomic E-state index is 14.9. The van der Waals surface area contributed by atoms with E-state index in [1.807, 2.05) is 31.3 Å². The number of unbranched alkanes of at least 4 members (excludes halogenated alkanes) is 2. The molecule has 2 atom stereocenters. The Morgan fingerprint density at radius 2 is 1.92 bits per heavy atom. The Kier molecular flexibility index (Phi) is 10.4. The van der Waals surface area contributed by atoms with Gasteiger partial charge in [-0.15, -0.1) is 0 Å². The van der Waals surface area contributed by atoms with Crippen molar-refractivity contribution in [2.24, 2.45) is 11.8 Å². The van der Waals surface area contributed by atoms with Crippen molar-refractivity contribution in [2.75, 3.05) is 40.9 Å². The Balaban J connectivity index is 1.88. The van der Waals surface area contributed by atoms with Gasteiger partial charge in [-0.25, -0.2) is 4.39 Å². The third-order valence-corrected chi connectivity index (χ3v) is 8.24. The number of Topliss-reactive ketones (excluding diaryl/α,β-unsaturated/α-hetero) is 1. The van der Waals surface area contributed by atoms with Gasteiger partial charge in [0.05, 0.1) is 14.2 Å². The van der Waals surface area contributed by atoms with Crippen molar-refractivity contribution in [1.82, 2.24) is 10.6 Å². The van der Waals surface area contributed by atoms with Gasteiger partial charge in [0.25, 0.3) is 0 Å². The molecule has 0 radical (unpaired) electrons. The predicted octanol–water partition coefficient (Wildman–Crippen LogP) is 6.48.